The second-order valence-corrected chi connectivity index (χ2v) is 7.08. The van der Waals surface area contributed by atoms with Crippen LogP contribution in [0.5, 0.6) is 0 Å². The van der Waals surface area contributed by atoms with E-state index in [2.05, 4.69) is 5.32 Å². The van der Waals surface area contributed by atoms with Crippen LogP contribution in [-0.4, -0.2) is 23.7 Å². The first kappa shape index (κ1) is 19.3. The van der Waals surface area contributed by atoms with Crippen molar-refractivity contribution in [1.82, 2.24) is 0 Å². The Kier molecular flexibility index (Phi) is 6.91. The van der Waals surface area contributed by atoms with Gasteiger partial charge in [-0.15, -0.1) is 11.8 Å². The maximum absolute atomic E-state index is 12.2. The number of hydrogen-bond acceptors (Lipinski definition) is 4. The van der Waals surface area contributed by atoms with E-state index in [1.807, 2.05) is 50.2 Å². The molecule has 0 aliphatic rings. The molecule has 1 amide bonds. The monoisotopic (exact) mass is 377 g/mol. The number of hydrogen-bond donors (Lipinski definition) is 1. The van der Waals surface area contributed by atoms with E-state index in [-0.39, 0.29) is 11.7 Å². The van der Waals surface area contributed by atoms with Gasteiger partial charge in [-0.3, -0.25) is 9.59 Å². The second kappa shape index (κ2) is 8.92. The van der Waals surface area contributed by atoms with Crippen molar-refractivity contribution in [3.8, 4) is 0 Å². The van der Waals surface area contributed by atoms with Gasteiger partial charge in [-0.2, -0.15) is 0 Å². The summed E-state index contributed by atoms with van der Waals surface area (Å²) < 4.78 is 5.19. The van der Waals surface area contributed by atoms with Gasteiger partial charge >= 0.3 is 5.97 Å². The van der Waals surface area contributed by atoms with Gasteiger partial charge in [0.2, 0.25) is 0 Å². The first-order valence-corrected chi connectivity index (χ1v) is 9.18. The molecule has 2 rings (SSSR count). The number of thioether (sulfide) groups is 1. The predicted octanol–water partition coefficient (Wildman–Crippen LogP) is 4.62. The van der Waals surface area contributed by atoms with E-state index in [0.29, 0.717) is 10.7 Å². The molecule has 0 aliphatic heterocycles. The average Bonchev–Trinajstić information content (AvgIpc) is 2.56. The van der Waals surface area contributed by atoms with Crippen molar-refractivity contribution in [1.29, 1.82) is 0 Å². The van der Waals surface area contributed by atoms with Gasteiger partial charge in [0, 0.05) is 10.6 Å². The minimum absolute atomic E-state index is 0.0882. The van der Waals surface area contributed by atoms with Gasteiger partial charge in [-0.25, -0.2) is 0 Å². The first-order chi connectivity index (χ1) is 11.9. The van der Waals surface area contributed by atoms with Gasteiger partial charge in [-0.05, 0) is 44.5 Å². The standard InChI is InChI=1S/C19H20ClNO3S/c1-12-8-9-16(13(2)10-12)21-19(23)14(3)24-18(22)11-25-17-7-5-4-6-15(17)20/h4-10,14H,11H2,1-3H3,(H,21,23). The van der Waals surface area contributed by atoms with E-state index in [9.17, 15) is 9.59 Å². The lowest BCUT2D eigenvalue weighted by Crippen LogP contribution is -2.30. The van der Waals surface area contributed by atoms with Crippen LogP contribution >= 0.6 is 23.4 Å². The lowest BCUT2D eigenvalue weighted by Gasteiger charge is -2.15. The molecule has 0 spiro atoms. The molecular formula is C19H20ClNO3S. The Morgan fingerprint density at radius 2 is 1.92 bits per heavy atom. The first-order valence-electron chi connectivity index (χ1n) is 7.81. The molecule has 1 N–H and O–H groups in total. The van der Waals surface area contributed by atoms with Crippen LogP contribution < -0.4 is 5.32 Å². The van der Waals surface area contributed by atoms with Crippen molar-refractivity contribution in [2.24, 2.45) is 0 Å². The van der Waals surface area contributed by atoms with E-state index < -0.39 is 12.1 Å². The number of nitrogens with one attached hydrogen (secondary N) is 1. The summed E-state index contributed by atoms with van der Waals surface area (Å²) in [6.07, 6.45) is -0.875. The third kappa shape index (κ3) is 5.80. The fraction of sp³-hybridized carbons (Fsp3) is 0.263. The minimum atomic E-state index is -0.875. The zero-order chi connectivity index (χ0) is 18.4. The third-order valence-electron chi connectivity index (χ3n) is 3.50. The molecule has 0 fully saturated rings. The van der Waals surface area contributed by atoms with E-state index >= 15 is 0 Å². The maximum Gasteiger partial charge on any atom is 0.317 e. The number of esters is 1. The van der Waals surface area contributed by atoms with E-state index in [1.54, 1.807) is 13.0 Å². The Labute approximate surface area is 156 Å². The summed E-state index contributed by atoms with van der Waals surface area (Å²) in [6.45, 7) is 5.45. The normalized spacial score (nSPS) is 11.7. The number of carbonyl (C=O) groups is 2. The van der Waals surface area contributed by atoms with Crippen molar-refractivity contribution >= 4 is 40.9 Å². The SMILES string of the molecule is Cc1ccc(NC(=O)C(C)OC(=O)CSc2ccccc2Cl)c(C)c1. The van der Waals surface area contributed by atoms with Crippen molar-refractivity contribution in [2.45, 2.75) is 31.8 Å². The van der Waals surface area contributed by atoms with Crippen LogP contribution in [0.2, 0.25) is 5.02 Å². The Morgan fingerprint density at radius 3 is 2.60 bits per heavy atom. The highest BCUT2D eigenvalue weighted by Gasteiger charge is 2.19. The molecule has 6 heteroatoms. The molecule has 0 saturated carbocycles. The molecule has 4 nitrogen and oxygen atoms in total. The summed E-state index contributed by atoms with van der Waals surface area (Å²) in [4.78, 5) is 24.9. The Bertz CT molecular complexity index is 779. The molecule has 0 saturated heterocycles. The van der Waals surface area contributed by atoms with Gasteiger partial charge in [0.25, 0.3) is 5.91 Å². The third-order valence-corrected chi connectivity index (χ3v) is 4.99. The molecule has 0 bridgehead atoms. The number of amides is 1. The van der Waals surface area contributed by atoms with Crippen LogP contribution in [-0.2, 0) is 14.3 Å². The Hall–Kier alpha value is -1.98. The van der Waals surface area contributed by atoms with Crippen LogP contribution in [0.15, 0.2) is 47.4 Å². The second-order valence-electron chi connectivity index (χ2n) is 5.66. The number of ether oxygens (including phenoxy) is 1. The highest BCUT2D eigenvalue weighted by atomic mass is 35.5. The molecule has 132 valence electrons. The van der Waals surface area contributed by atoms with Gasteiger partial charge in [0.05, 0.1) is 10.8 Å². The van der Waals surface area contributed by atoms with Crippen molar-refractivity contribution in [3.05, 3.63) is 58.6 Å². The van der Waals surface area contributed by atoms with E-state index in [0.717, 1.165) is 16.0 Å². The molecule has 0 radical (unpaired) electrons. The molecule has 0 aromatic heterocycles. The zero-order valence-corrected chi connectivity index (χ0v) is 15.9. The predicted molar refractivity (Wildman–Crippen MR) is 102 cm³/mol. The van der Waals surface area contributed by atoms with Crippen LogP contribution in [0.1, 0.15) is 18.1 Å². The average molecular weight is 378 g/mol. The molecule has 1 unspecified atom stereocenters. The Morgan fingerprint density at radius 1 is 1.20 bits per heavy atom. The van der Waals surface area contributed by atoms with Gasteiger partial charge in [0.15, 0.2) is 6.10 Å². The van der Waals surface area contributed by atoms with Crippen LogP contribution in [0.3, 0.4) is 0 Å². The topological polar surface area (TPSA) is 55.4 Å². The summed E-state index contributed by atoms with van der Waals surface area (Å²) in [6, 6.07) is 13.0. The van der Waals surface area contributed by atoms with Gasteiger partial charge in [-0.1, -0.05) is 41.4 Å². The van der Waals surface area contributed by atoms with Gasteiger partial charge in [0.1, 0.15) is 0 Å². The minimum Gasteiger partial charge on any atom is -0.452 e. The lowest BCUT2D eigenvalue weighted by molar-refractivity contribution is -0.150. The quantitative estimate of drug-likeness (QED) is 0.589. The molecule has 2 aromatic carbocycles. The highest BCUT2D eigenvalue weighted by Crippen LogP contribution is 2.26. The van der Waals surface area contributed by atoms with Crippen LogP contribution in [0.25, 0.3) is 0 Å². The van der Waals surface area contributed by atoms with E-state index in [4.69, 9.17) is 16.3 Å². The van der Waals surface area contributed by atoms with Crippen molar-refractivity contribution in [2.75, 3.05) is 11.1 Å². The summed E-state index contributed by atoms with van der Waals surface area (Å²) >= 11 is 7.32. The number of benzene rings is 2. The molecule has 25 heavy (non-hydrogen) atoms. The van der Waals surface area contributed by atoms with Crippen molar-refractivity contribution < 1.29 is 14.3 Å². The lowest BCUT2D eigenvalue weighted by atomic mass is 10.1. The summed E-state index contributed by atoms with van der Waals surface area (Å²) in [5.74, 6) is -0.735. The number of rotatable bonds is 6. The highest BCUT2D eigenvalue weighted by molar-refractivity contribution is 8.00. The summed E-state index contributed by atoms with van der Waals surface area (Å²) in [5, 5.41) is 3.37. The molecular weight excluding hydrogens is 358 g/mol. The van der Waals surface area contributed by atoms with Gasteiger partial charge < -0.3 is 10.1 Å². The molecule has 0 aliphatic carbocycles. The zero-order valence-electron chi connectivity index (χ0n) is 14.3. The molecule has 2 aromatic rings. The number of anilines is 1. The maximum atomic E-state index is 12.2. The largest absolute Gasteiger partial charge is 0.452 e. The smallest absolute Gasteiger partial charge is 0.317 e. The number of aryl methyl sites for hydroxylation is 2. The molecule has 0 heterocycles. The Balaban J connectivity index is 1.85. The number of halogens is 1. The summed E-state index contributed by atoms with van der Waals surface area (Å²) in [5.41, 5.74) is 2.79. The van der Waals surface area contributed by atoms with Crippen molar-refractivity contribution in [3.63, 3.8) is 0 Å². The molecule has 1 atom stereocenters. The van der Waals surface area contributed by atoms with Crippen LogP contribution in [0.4, 0.5) is 5.69 Å². The fourth-order valence-electron chi connectivity index (χ4n) is 2.17. The number of carbonyl (C=O) groups excluding carboxylic acids is 2. The van der Waals surface area contributed by atoms with E-state index in [1.165, 1.54) is 11.8 Å². The summed E-state index contributed by atoms with van der Waals surface area (Å²) in [7, 11) is 0. The fourth-order valence-corrected chi connectivity index (χ4v) is 3.19. The van der Waals surface area contributed by atoms with Crippen LogP contribution in [0, 0.1) is 13.8 Å².